The fraction of sp³-hybridized carbons (Fsp3) is 0.179. The second kappa shape index (κ2) is 9.69. The number of fused-ring (bicyclic) bond motifs is 1. The van der Waals surface area contributed by atoms with Gasteiger partial charge in [0, 0.05) is 23.2 Å². The third-order valence-corrected chi connectivity index (χ3v) is 6.24. The third-order valence-electron chi connectivity index (χ3n) is 6.24. The molecule has 9 nitrogen and oxygen atoms in total. The molecular formula is C28H24N4O5. The molecule has 5 rings (SSSR count). The molecule has 0 radical (unpaired) electrons. The molecule has 2 aromatic heterocycles. The lowest BCUT2D eigenvalue weighted by atomic mass is 10.0. The highest BCUT2D eigenvalue weighted by Crippen LogP contribution is 2.31. The fourth-order valence-electron chi connectivity index (χ4n) is 4.42. The van der Waals surface area contributed by atoms with Gasteiger partial charge < -0.3 is 19.7 Å². The summed E-state index contributed by atoms with van der Waals surface area (Å²) in [5.74, 6) is -1.61. The first-order valence-corrected chi connectivity index (χ1v) is 11.8. The maximum atomic E-state index is 13.0. The summed E-state index contributed by atoms with van der Waals surface area (Å²) < 4.78 is 5.59. The number of carbonyl (C=O) groups excluding carboxylic acids is 2. The number of carbonyl (C=O) groups is 3. The highest BCUT2D eigenvalue weighted by molar-refractivity contribution is 6.02. The number of oxazole rings is 1. The number of nitrogens with zero attached hydrogens (tertiary/aromatic N) is 3. The molecule has 2 amide bonds. The molecule has 4 aromatic rings. The van der Waals surface area contributed by atoms with Gasteiger partial charge >= 0.3 is 11.9 Å². The Labute approximate surface area is 212 Å². The van der Waals surface area contributed by atoms with Crippen LogP contribution in [0, 0.1) is 5.92 Å². The minimum Gasteiger partial charge on any atom is -0.480 e. The van der Waals surface area contributed by atoms with Gasteiger partial charge in [-0.1, -0.05) is 56.3 Å². The van der Waals surface area contributed by atoms with E-state index in [9.17, 15) is 19.5 Å². The quantitative estimate of drug-likeness (QED) is 0.379. The summed E-state index contributed by atoms with van der Waals surface area (Å²) in [6, 6.07) is 17.3. The average molecular weight is 497 g/mol. The Hall–Kier alpha value is -4.79. The Morgan fingerprint density at radius 1 is 1.00 bits per heavy atom. The maximum absolute atomic E-state index is 13.0. The first-order valence-electron chi connectivity index (χ1n) is 11.8. The molecule has 1 aliphatic heterocycles. The van der Waals surface area contributed by atoms with Crippen molar-refractivity contribution in [3.63, 3.8) is 0 Å². The topological polar surface area (TPSA) is 126 Å². The molecular weight excluding hydrogens is 472 g/mol. The molecule has 2 N–H and O–H groups in total. The smallest absolute Gasteiger partial charge is 0.326 e. The molecule has 0 spiro atoms. The lowest BCUT2D eigenvalue weighted by Gasteiger charge is -2.27. The number of nitrogens with one attached hydrogen (secondary N) is 1. The van der Waals surface area contributed by atoms with E-state index in [0.717, 1.165) is 11.1 Å². The number of hydrogen-bond acceptors (Lipinski definition) is 6. The van der Waals surface area contributed by atoms with Crippen LogP contribution < -0.4 is 5.32 Å². The Bertz CT molecular complexity index is 1480. The van der Waals surface area contributed by atoms with Crippen LogP contribution >= 0.6 is 0 Å². The highest BCUT2D eigenvalue weighted by atomic mass is 16.4. The number of amides is 2. The molecule has 9 heteroatoms. The van der Waals surface area contributed by atoms with Crippen molar-refractivity contribution in [2.24, 2.45) is 5.92 Å². The van der Waals surface area contributed by atoms with Crippen molar-refractivity contribution >= 4 is 23.5 Å². The van der Waals surface area contributed by atoms with E-state index in [1.165, 1.54) is 17.3 Å². The number of rotatable bonds is 7. The van der Waals surface area contributed by atoms with Crippen LogP contribution in [-0.2, 0) is 11.3 Å². The van der Waals surface area contributed by atoms with E-state index >= 15 is 0 Å². The van der Waals surface area contributed by atoms with E-state index in [4.69, 9.17) is 4.42 Å². The van der Waals surface area contributed by atoms with E-state index in [2.05, 4.69) is 15.3 Å². The summed E-state index contributed by atoms with van der Waals surface area (Å²) in [5.41, 5.74) is 3.85. The van der Waals surface area contributed by atoms with E-state index in [0.29, 0.717) is 28.3 Å². The SMILES string of the molecule is CC(C)C(C(=O)O)N1Cc2ccc(-c3ccc(NC(=O)c4ncc(-c5ccccc5)o4)cn3)cc2C1=O. The molecule has 37 heavy (non-hydrogen) atoms. The standard InChI is InChI=1S/C28H24N4O5/c1-16(2)24(28(35)36)32-15-19-9-8-18(12-21(19)27(32)34)22-11-10-20(13-29-22)31-25(33)26-30-14-23(37-26)17-6-4-3-5-7-17/h3-14,16,24H,15H2,1-2H3,(H,31,33)(H,35,36). The summed E-state index contributed by atoms with van der Waals surface area (Å²) in [4.78, 5) is 47.2. The van der Waals surface area contributed by atoms with Crippen LogP contribution in [0.4, 0.5) is 5.69 Å². The predicted molar refractivity (Wildman–Crippen MR) is 136 cm³/mol. The number of benzene rings is 2. The number of hydrogen-bond donors (Lipinski definition) is 2. The first-order chi connectivity index (χ1) is 17.8. The van der Waals surface area contributed by atoms with Crippen molar-refractivity contribution in [1.82, 2.24) is 14.9 Å². The second-order valence-corrected chi connectivity index (χ2v) is 9.11. The van der Waals surface area contributed by atoms with Gasteiger partial charge in [-0.2, -0.15) is 0 Å². The van der Waals surface area contributed by atoms with Gasteiger partial charge in [0.15, 0.2) is 5.76 Å². The molecule has 186 valence electrons. The zero-order valence-electron chi connectivity index (χ0n) is 20.2. The Balaban J connectivity index is 1.29. The third kappa shape index (κ3) is 4.71. The lowest BCUT2D eigenvalue weighted by Crippen LogP contribution is -2.44. The van der Waals surface area contributed by atoms with E-state index in [1.54, 1.807) is 32.0 Å². The summed E-state index contributed by atoms with van der Waals surface area (Å²) >= 11 is 0. The van der Waals surface area contributed by atoms with Gasteiger partial charge in [0.05, 0.1) is 23.8 Å². The fourth-order valence-corrected chi connectivity index (χ4v) is 4.42. The van der Waals surface area contributed by atoms with Crippen molar-refractivity contribution in [2.75, 3.05) is 5.32 Å². The average Bonchev–Trinajstić information content (AvgIpc) is 3.50. The minimum atomic E-state index is -1.02. The molecule has 0 saturated carbocycles. The Morgan fingerprint density at radius 2 is 1.78 bits per heavy atom. The van der Waals surface area contributed by atoms with Crippen LogP contribution in [0.25, 0.3) is 22.6 Å². The molecule has 1 atom stereocenters. The molecule has 1 aliphatic rings. The summed E-state index contributed by atoms with van der Waals surface area (Å²) in [6.07, 6.45) is 3.01. The van der Waals surface area contributed by atoms with Gasteiger partial charge in [0.2, 0.25) is 0 Å². The molecule has 2 aromatic carbocycles. The molecule has 0 saturated heterocycles. The maximum Gasteiger partial charge on any atom is 0.326 e. The Morgan fingerprint density at radius 3 is 2.46 bits per heavy atom. The van der Waals surface area contributed by atoms with Crippen molar-refractivity contribution < 1.29 is 23.9 Å². The van der Waals surface area contributed by atoms with Crippen molar-refractivity contribution in [3.8, 4) is 22.6 Å². The van der Waals surface area contributed by atoms with Crippen molar-refractivity contribution in [3.05, 3.63) is 90.1 Å². The van der Waals surface area contributed by atoms with Crippen LogP contribution in [0.5, 0.6) is 0 Å². The van der Waals surface area contributed by atoms with E-state index in [-0.39, 0.29) is 24.3 Å². The van der Waals surface area contributed by atoms with Gasteiger partial charge in [0.25, 0.3) is 11.8 Å². The second-order valence-electron chi connectivity index (χ2n) is 9.11. The van der Waals surface area contributed by atoms with Crippen LogP contribution in [0.3, 0.4) is 0 Å². The summed E-state index contributed by atoms with van der Waals surface area (Å²) in [6.45, 7) is 3.83. The minimum absolute atomic E-state index is 0.0642. The van der Waals surface area contributed by atoms with E-state index < -0.39 is 17.9 Å². The molecule has 1 unspecified atom stereocenters. The van der Waals surface area contributed by atoms with Gasteiger partial charge in [-0.15, -0.1) is 0 Å². The normalized spacial score (nSPS) is 13.5. The number of pyridine rings is 1. The number of anilines is 1. The highest BCUT2D eigenvalue weighted by Gasteiger charge is 2.38. The Kier molecular flexibility index (Phi) is 6.27. The van der Waals surface area contributed by atoms with Gasteiger partial charge in [-0.3, -0.25) is 14.6 Å². The molecule has 0 aliphatic carbocycles. The van der Waals surface area contributed by atoms with Gasteiger partial charge in [-0.05, 0) is 29.7 Å². The summed E-state index contributed by atoms with van der Waals surface area (Å²) in [7, 11) is 0. The monoisotopic (exact) mass is 496 g/mol. The van der Waals surface area contributed by atoms with Crippen molar-refractivity contribution in [1.29, 1.82) is 0 Å². The number of aromatic nitrogens is 2. The number of carboxylic acids is 1. The zero-order valence-corrected chi connectivity index (χ0v) is 20.2. The lowest BCUT2D eigenvalue weighted by molar-refractivity contribution is -0.144. The number of aliphatic carboxylic acids is 1. The van der Waals surface area contributed by atoms with Crippen LogP contribution in [-0.4, -0.2) is 43.8 Å². The molecule has 3 heterocycles. The largest absolute Gasteiger partial charge is 0.480 e. The molecule has 0 bridgehead atoms. The van der Waals surface area contributed by atoms with E-state index in [1.807, 2.05) is 42.5 Å². The predicted octanol–water partition coefficient (Wildman–Crippen LogP) is 4.72. The zero-order chi connectivity index (χ0) is 26.1. The van der Waals surface area contributed by atoms with Crippen LogP contribution in [0.1, 0.15) is 40.5 Å². The van der Waals surface area contributed by atoms with Crippen molar-refractivity contribution in [2.45, 2.75) is 26.4 Å². The van der Waals surface area contributed by atoms with Gasteiger partial charge in [-0.25, -0.2) is 9.78 Å². The van der Waals surface area contributed by atoms with Gasteiger partial charge in [0.1, 0.15) is 6.04 Å². The summed E-state index contributed by atoms with van der Waals surface area (Å²) in [5, 5.41) is 12.3. The van der Waals surface area contributed by atoms with Crippen LogP contribution in [0.15, 0.2) is 77.5 Å². The number of carboxylic acid groups (broad SMARTS) is 1. The van der Waals surface area contributed by atoms with Crippen LogP contribution in [0.2, 0.25) is 0 Å². The first kappa shape index (κ1) is 23.9. The molecule has 0 fully saturated rings.